The van der Waals surface area contributed by atoms with Crippen molar-refractivity contribution in [2.75, 3.05) is 18.5 Å². The lowest BCUT2D eigenvalue weighted by atomic mass is 10.2. The lowest BCUT2D eigenvalue weighted by molar-refractivity contribution is 0.0531. The summed E-state index contributed by atoms with van der Waals surface area (Å²) in [5.74, 6) is 0.309. The largest absolute Gasteiger partial charge is 0.462 e. The molecule has 2 heterocycles. The molecule has 1 unspecified atom stereocenters. The zero-order chi connectivity index (χ0) is 15.4. The number of thiophene rings is 1. The van der Waals surface area contributed by atoms with Crippen molar-refractivity contribution in [3.8, 4) is 0 Å². The molecule has 7 heteroatoms. The van der Waals surface area contributed by atoms with Gasteiger partial charge in [0.1, 0.15) is 21.9 Å². The maximum atomic E-state index is 12.0. The number of carbonyl (C=O) groups is 1. The van der Waals surface area contributed by atoms with Gasteiger partial charge in [-0.3, -0.25) is 0 Å². The van der Waals surface area contributed by atoms with Crippen LogP contribution < -0.4 is 5.32 Å². The van der Waals surface area contributed by atoms with Crippen LogP contribution in [0.2, 0.25) is 0 Å². The highest BCUT2D eigenvalue weighted by Gasteiger charge is 2.20. The highest BCUT2D eigenvalue weighted by Crippen LogP contribution is 2.33. The number of hydrogen-bond acceptors (Lipinski definition) is 7. The Morgan fingerprint density at radius 2 is 2.24 bits per heavy atom. The summed E-state index contributed by atoms with van der Waals surface area (Å²) in [6, 6.07) is -0.0755. The summed E-state index contributed by atoms with van der Waals surface area (Å²) in [7, 11) is 0. The molecule has 0 aliphatic rings. The molecule has 2 rings (SSSR count). The molecule has 0 fully saturated rings. The third-order valence-electron chi connectivity index (χ3n) is 3.24. The number of aromatic nitrogens is 2. The van der Waals surface area contributed by atoms with Crippen molar-refractivity contribution in [3.63, 3.8) is 0 Å². The summed E-state index contributed by atoms with van der Waals surface area (Å²) in [4.78, 5) is 21.7. The van der Waals surface area contributed by atoms with Crippen molar-refractivity contribution in [1.29, 1.82) is 0 Å². The Bertz CT molecular complexity index is 638. The molecule has 6 nitrogen and oxygen atoms in total. The van der Waals surface area contributed by atoms with Gasteiger partial charge in [-0.1, -0.05) is 6.92 Å². The van der Waals surface area contributed by atoms with E-state index in [1.807, 2.05) is 13.8 Å². The number of fused-ring (bicyclic) bond motifs is 1. The van der Waals surface area contributed by atoms with Crippen LogP contribution in [0, 0.1) is 6.92 Å². The van der Waals surface area contributed by atoms with Crippen molar-refractivity contribution in [3.05, 3.63) is 16.8 Å². The van der Waals surface area contributed by atoms with Gasteiger partial charge in [0.15, 0.2) is 0 Å². The molecule has 1 atom stereocenters. The third kappa shape index (κ3) is 3.14. The molecule has 0 aliphatic carbocycles. The summed E-state index contributed by atoms with van der Waals surface area (Å²) in [5.41, 5.74) is 0.810. The molecule has 0 radical (unpaired) electrons. The van der Waals surface area contributed by atoms with Gasteiger partial charge in [0.2, 0.25) is 0 Å². The maximum Gasteiger partial charge on any atom is 0.348 e. The number of aliphatic hydroxyl groups is 1. The number of rotatable bonds is 6. The van der Waals surface area contributed by atoms with Crippen LogP contribution in [0.4, 0.5) is 5.82 Å². The van der Waals surface area contributed by atoms with Crippen LogP contribution in [0.25, 0.3) is 10.2 Å². The molecule has 0 amide bonds. The number of ether oxygens (including phenoxy) is 1. The first kappa shape index (κ1) is 15.7. The lowest BCUT2D eigenvalue weighted by Crippen LogP contribution is -2.23. The second kappa shape index (κ2) is 6.82. The lowest BCUT2D eigenvalue weighted by Gasteiger charge is -2.15. The van der Waals surface area contributed by atoms with Gasteiger partial charge in [-0.2, -0.15) is 0 Å². The van der Waals surface area contributed by atoms with Crippen molar-refractivity contribution in [1.82, 2.24) is 9.97 Å². The van der Waals surface area contributed by atoms with Crippen LogP contribution in [0.15, 0.2) is 6.33 Å². The Morgan fingerprint density at radius 3 is 2.86 bits per heavy atom. The Hall–Kier alpha value is -1.73. The topological polar surface area (TPSA) is 84.3 Å². The van der Waals surface area contributed by atoms with Gasteiger partial charge in [-0.05, 0) is 25.8 Å². The summed E-state index contributed by atoms with van der Waals surface area (Å²) in [5, 5.41) is 13.3. The van der Waals surface area contributed by atoms with E-state index in [2.05, 4.69) is 15.3 Å². The number of nitrogens with zero attached hydrogens (tertiary/aromatic N) is 2. The van der Waals surface area contributed by atoms with E-state index in [0.29, 0.717) is 17.3 Å². The van der Waals surface area contributed by atoms with Gasteiger partial charge in [-0.15, -0.1) is 11.3 Å². The first-order valence-electron chi connectivity index (χ1n) is 6.90. The summed E-state index contributed by atoms with van der Waals surface area (Å²) in [6.07, 6.45) is 2.23. The Balaban J connectivity index is 2.46. The van der Waals surface area contributed by atoms with Crippen molar-refractivity contribution in [2.45, 2.75) is 33.2 Å². The number of nitrogens with one attached hydrogen (secondary N) is 1. The minimum absolute atomic E-state index is 0.0237. The average Bonchev–Trinajstić information content (AvgIpc) is 2.83. The molecule has 0 bridgehead atoms. The van der Waals surface area contributed by atoms with E-state index in [-0.39, 0.29) is 18.6 Å². The van der Waals surface area contributed by atoms with E-state index in [4.69, 9.17) is 4.74 Å². The van der Waals surface area contributed by atoms with Crippen molar-refractivity contribution < 1.29 is 14.6 Å². The molecule has 114 valence electrons. The fourth-order valence-corrected chi connectivity index (χ4v) is 3.08. The van der Waals surface area contributed by atoms with E-state index in [9.17, 15) is 9.90 Å². The number of carbonyl (C=O) groups excluding carboxylic acids is 1. The molecule has 0 spiro atoms. The third-order valence-corrected chi connectivity index (χ3v) is 4.42. The van der Waals surface area contributed by atoms with Gasteiger partial charge in [0.25, 0.3) is 0 Å². The molecule has 2 N–H and O–H groups in total. The number of aliphatic hydroxyl groups excluding tert-OH is 1. The van der Waals surface area contributed by atoms with E-state index in [0.717, 1.165) is 22.2 Å². The van der Waals surface area contributed by atoms with Gasteiger partial charge < -0.3 is 15.2 Å². The van der Waals surface area contributed by atoms with Crippen molar-refractivity contribution >= 4 is 33.3 Å². The summed E-state index contributed by atoms with van der Waals surface area (Å²) < 4.78 is 5.06. The molecule has 2 aromatic rings. The fourth-order valence-electron chi connectivity index (χ4n) is 2.04. The monoisotopic (exact) mass is 309 g/mol. The molecule has 0 saturated heterocycles. The SMILES string of the molecule is CCOC(=O)c1sc2ncnc(NC(CC)CO)c2c1C. The first-order valence-corrected chi connectivity index (χ1v) is 7.72. The van der Waals surface area contributed by atoms with Gasteiger partial charge in [0.05, 0.1) is 24.6 Å². The van der Waals surface area contributed by atoms with Gasteiger partial charge in [0, 0.05) is 0 Å². The highest BCUT2D eigenvalue weighted by molar-refractivity contribution is 7.20. The number of anilines is 1. The zero-order valence-corrected chi connectivity index (χ0v) is 13.2. The van der Waals surface area contributed by atoms with E-state index < -0.39 is 0 Å². The van der Waals surface area contributed by atoms with Gasteiger partial charge in [-0.25, -0.2) is 14.8 Å². The van der Waals surface area contributed by atoms with Gasteiger partial charge >= 0.3 is 5.97 Å². The zero-order valence-electron chi connectivity index (χ0n) is 12.3. The molecule has 0 aromatic carbocycles. The van der Waals surface area contributed by atoms with E-state index in [1.165, 1.54) is 17.7 Å². The Kier molecular flexibility index (Phi) is 5.08. The normalized spacial score (nSPS) is 12.4. The smallest absolute Gasteiger partial charge is 0.348 e. The second-order valence-electron chi connectivity index (χ2n) is 4.61. The van der Waals surface area contributed by atoms with Crippen LogP contribution in [0.3, 0.4) is 0 Å². The quantitative estimate of drug-likeness (QED) is 0.797. The minimum Gasteiger partial charge on any atom is -0.462 e. The molecule has 0 aliphatic heterocycles. The number of esters is 1. The standard InChI is InChI=1S/C14H19N3O3S/c1-4-9(6-18)17-12-10-8(3)11(14(19)20-5-2)21-13(10)16-7-15-12/h7,9,18H,4-6H2,1-3H3,(H,15,16,17). The molecule has 0 saturated carbocycles. The molecule has 21 heavy (non-hydrogen) atoms. The predicted molar refractivity (Wildman–Crippen MR) is 82.9 cm³/mol. The van der Waals surface area contributed by atoms with Crippen LogP contribution >= 0.6 is 11.3 Å². The molecular weight excluding hydrogens is 290 g/mol. The molecule has 2 aromatic heterocycles. The Labute approximate surface area is 127 Å². The molecular formula is C14H19N3O3S. The van der Waals surface area contributed by atoms with Crippen LogP contribution in [0.1, 0.15) is 35.5 Å². The maximum absolute atomic E-state index is 12.0. The minimum atomic E-state index is -0.335. The number of hydrogen-bond donors (Lipinski definition) is 2. The number of aryl methyl sites for hydroxylation is 1. The van der Waals surface area contributed by atoms with Crippen LogP contribution in [0.5, 0.6) is 0 Å². The second-order valence-corrected chi connectivity index (χ2v) is 5.61. The summed E-state index contributed by atoms with van der Waals surface area (Å²) >= 11 is 1.30. The summed E-state index contributed by atoms with van der Waals surface area (Å²) in [6.45, 7) is 5.98. The van der Waals surface area contributed by atoms with E-state index in [1.54, 1.807) is 6.92 Å². The Morgan fingerprint density at radius 1 is 1.48 bits per heavy atom. The van der Waals surface area contributed by atoms with Crippen LogP contribution in [-0.4, -0.2) is 40.3 Å². The fraction of sp³-hybridized carbons (Fsp3) is 0.500. The average molecular weight is 309 g/mol. The van der Waals surface area contributed by atoms with Crippen molar-refractivity contribution in [2.24, 2.45) is 0 Å². The predicted octanol–water partition coefficient (Wildman–Crippen LogP) is 2.36. The van der Waals surface area contributed by atoms with E-state index >= 15 is 0 Å². The van der Waals surface area contributed by atoms with Crippen LogP contribution in [-0.2, 0) is 4.74 Å². The highest BCUT2D eigenvalue weighted by atomic mass is 32.1. The first-order chi connectivity index (χ1) is 10.1.